The molecule has 1 N–H and O–H groups in total. The van der Waals surface area contributed by atoms with Crippen LogP contribution >= 0.6 is 11.3 Å². The van der Waals surface area contributed by atoms with Gasteiger partial charge in [-0.2, -0.15) is 0 Å². The largest absolute Gasteiger partial charge is 0.396 e. The van der Waals surface area contributed by atoms with Crippen molar-refractivity contribution in [3.8, 4) is 0 Å². The molecule has 4 rings (SSSR count). The second-order valence-electron chi connectivity index (χ2n) is 6.32. The van der Waals surface area contributed by atoms with Gasteiger partial charge in [0.25, 0.3) is 0 Å². The van der Waals surface area contributed by atoms with E-state index in [2.05, 4.69) is 22.0 Å². The van der Waals surface area contributed by atoms with Crippen LogP contribution in [0.15, 0.2) is 0 Å². The van der Waals surface area contributed by atoms with E-state index in [0.717, 1.165) is 48.9 Å². The van der Waals surface area contributed by atoms with Gasteiger partial charge in [0.15, 0.2) is 0 Å². The van der Waals surface area contributed by atoms with Gasteiger partial charge in [-0.05, 0) is 19.3 Å². The average Bonchev–Trinajstić information content (AvgIpc) is 3.16. The van der Waals surface area contributed by atoms with E-state index in [1.54, 1.807) is 11.3 Å². The standard InChI is InChI=1S/C14H21N3O2S/c1-2-3-12-15-16-13(20-12)17-6-10-9(7-18)11-4-5-14(10,8-17)19-11/h9-11,18H,2-8H2,1H3/t9-,10+,11+,14+/m1/s1. The predicted molar refractivity (Wildman–Crippen MR) is 77.0 cm³/mol. The number of ether oxygens (including phenoxy) is 1. The number of rotatable bonds is 4. The first-order chi connectivity index (χ1) is 9.75. The first kappa shape index (κ1) is 13.0. The molecular formula is C14H21N3O2S. The van der Waals surface area contributed by atoms with E-state index in [1.165, 1.54) is 0 Å². The van der Waals surface area contributed by atoms with E-state index >= 15 is 0 Å². The van der Waals surface area contributed by atoms with Gasteiger partial charge in [0, 0.05) is 38.0 Å². The molecule has 3 fully saturated rings. The number of aliphatic hydroxyl groups is 1. The molecule has 0 aliphatic carbocycles. The van der Waals surface area contributed by atoms with E-state index in [1.807, 2.05) is 0 Å². The van der Waals surface area contributed by atoms with Crippen molar-refractivity contribution in [2.45, 2.75) is 44.3 Å². The summed E-state index contributed by atoms with van der Waals surface area (Å²) in [6, 6.07) is 0. The maximum Gasteiger partial charge on any atom is 0.208 e. The van der Waals surface area contributed by atoms with E-state index < -0.39 is 0 Å². The van der Waals surface area contributed by atoms with Gasteiger partial charge < -0.3 is 14.7 Å². The van der Waals surface area contributed by atoms with Gasteiger partial charge in [0.2, 0.25) is 5.13 Å². The zero-order valence-electron chi connectivity index (χ0n) is 11.8. The van der Waals surface area contributed by atoms with Crippen LogP contribution in [0.1, 0.15) is 31.2 Å². The molecule has 3 aliphatic heterocycles. The monoisotopic (exact) mass is 295 g/mol. The average molecular weight is 295 g/mol. The van der Waals surface area contributed by atoms with Crippen molar-refractivity contribution < 1.29 is 9.84 Å². The molecule has 0 aromatic carbocycles. The Hall–Kier alpha value is -0.720. The number of aryl methyl sites for hydroxylation is 1. The normalized spacial score (nSPS) is 38.7. The molecule has 3 saturated heterocycles. The molecule has 20 heavy (non-hydrogen) atoms. The summed E-state index contributed by atoms with van der Waals surface area (Å²) in [5.74, 6) is 0.779. The summed E-state index contributed by atoms with van der Waals surface area (Å²) in [5.41, 5.74) is -0.0192. The van der Waals surface area contributed by atoms with Gasteiger partial charge in [-0.1, -0.05) is 18.3 Å². The number of hydrogen-bond acceptors (Lipinski definition) is 6. The molecule has 0 saturated carbocycles. The fraction of sp³-hybridized carbons (Fsp3) is 0.857. The van der Waals surface area contributed by atoms with Gasteiger partial charge in [-0.3, -0.25) is 0 Å². The Morgan fingerprint density at radius 1 is 1.50 bits per heavy atom. The third-order valence-corrected chi connectivity index (χ3v) is 6.23. The van der Waals surface area contributed by atoms with E-state index in [-0.39, 0.29) is 18.3 Å². The molecule has 0 unspecified atom stereocenters. The van der Waals surface area contributed by atoms with Gasteiger partial charge >= 0.3 is 0 Å². The Morgan fingerprint density at radius 2 is 2.40 bits per heavy atom. The molecule has 4 atom stereocenters. The zero-order valence-corrected chi connectivity index (χ0v) is 12.6. The number of hydrogen-bond donors (Lipinski definition) is 1. The van der Waals surface area contributed by atoms with Crippen molar-refractivity contribution in [3.05, 3.63) is 5.01 Å². The number of anilines is 1. The molecule has 1 aromatic heterocycles. The van der Waals surface area contributed by atoms with Crippen LogP contribution in [0.5, 0.6) is 0 Å². The van der Waals surface area contributed by atoms with Crippen molar-refractivity contribution in [1.29, 1.82) is 0 Å². The summed E-state index contributed by atoms with van der Waals surface area (Å²) in [5, 5.41) is 20.4. The highest BCUT2D eigenvalue weighted by atomic mass is 32.1. The molecule has 1 spiro atoms. The third kappa shape index (κ3) is 1.74. The third-order valence-electron chi connectivity index (χ3n) is 5.19. The van der Waals surface area contributed by atoms with Gasteiger partial charge in [0.1, 0.15) is 5.01 Å². The lowest BCUT2D eigenvalue weighted by Crippen LogP contribution is -2.37. The molecule has 4 heterocycles. The number of nitrogens with zero attached hydrogens (tertiary/aromatic N) is 3. The Balaban J connectivity index is 1.55. The summed E-state index contributed by atoms with van der Waals surface area (Å²) in [6.45, 7) is 4.30. The van der Waals surface area contributed by atoms with Crippen LogP contribution in [0.2, 0.25) is 0 Å². The Kier molecular flexibility index (Phi) is 3.01. The van der Waals surface area contributed by atoms with Crippen LogP contribution in [-0.2, 0) is 11.2 Å². The highest BCUT2D eigenvalue weighted by molar-refractivity contribution is 7.15. The topological polar surface area (TPSA) is 58.5 Å². The van der Waals surface area contributed by atoms with Crippen molar-refractivity contribution in [2.75, 3.05) is 24.6 Å². The summed E-state index contributed by atoms with van der Waals surface area (Å²) >= 11 is 1.71. The van der Waals surface area contributed by atoms with Gasteiger partial charge in [-0.25, -0.2) is 0 Å². The number of fused-ring (bicyclic) bond motifs is 1. The molecule has 1 aromatic rings. The molecule has 5 nitrogen and oxygen atoms in total. The van der Waals surface area contributed by atoms with Gasteiger partial charge in [0.05, 0.1) is 11.7 Å². The lowest BCUT2D eigenvalue weighted by Gasteiger charge is -2.27. The summed E-state index contributed by atoms with van der Waals surface area (Å²) in [7, 11) is 0. The van der Waals surface area contributed by atoms with Crippen molar-refractivity contribution in [3.63, 3.8) is 0 Å². The lowest BCUT2D eigenvalue weighted by atomic mass is 9.74. The van der Waals surface area contributed by atoms with Crippen LogP contribution in [0.4, 0.5) is 5.13 Å². The molecule has 2 bridgehead atoms. The quantitative estimate of drug-likeness (QED) is 0.911. The minimum atomic E-state index is -0.0192. The van der Waals surface area contributed by atoms with Crippen LogP contribution in [0.25, 0.3) is 0 Å². The molecule has 110 valence electrons. The smallest absolute Gasteiger partial charge is 0.208 e. The van der Waals surface area contributed by atoms with Gasteiger partial charge in [-0.15, -0.1) is 10.2 Å². The highest BCUT2D eigenvalue weighted by Crippen LogP contribution is 2.55. The SMILES string of the molecule is CCCc1nnc(N2C[C@H]3[C@@H](CO)[C@@H]4CC[C@@]3(C2)O4)s1. The Bertz CT molecular complexity index is 508. The molecule has 6 heteroatoms. The van der Waals surface area contributed by atoms with E-state index in [4.69, 9.17) is 4.74 Å². The predicted octanol–water partition coefficient (Wildman–Crippen LogP) is 1.47. The number of aliphatic hydroxyl groups excluding tert-OH is 1. The summed E-state index contributed by atoms with van der Waals surface area (Å²) in [4.78, 5) is 2.33. The highest BCUT2D eigenvalue weighted by Gasteiger charge is 2.63. The molecular weight excluding hydrogens is 274 g/mol. The number of aromatic nitrogens is 2. The fourth-order valence-electron chi connectivity index (χ4n) is 4.27. The van der Waals surface area contributed by atoms with Crippen molar-refractivity contribution >= 4 is 16.5 Å². The Labute approximate surface area is 123 Å². The van der Waals surface area contributed by atoms with E-state index in [0.29, 0.717) is 11.8 Å². The van der Waals surface area contributed by atoms with Crippen LogP contribution in [0.3, 0.4) is 0 Å². The van der Waals surface area contributed by atoms with Crippen LogP contribution in [0, 0.1) is 11.8 Å². The summed E-state index contributed by atoms with van der Waals surface area (Å²) < 4.78 is 6.25. The van der Waals surface area contributed by atoms with Crippen molar-refractivity contribution in [2.24, 2.45) is 11.8 Å². The molecule has 0 amide bonds. The minimum absolute atomic E-state index is 0.0192. The van der Waals surface area contributed by atoms with E-state index in [9.17, 15) is 5.11 Å². The maximum absolute atomic E-state index is 9.64. The zero-order chi connectivity index (χ0) is 13.7. The first-order valence-corrected chi connectivity index (χ1v) is 8.43. The maximum atomic E-state index is 9.64. The Morgan fingerprint density at radius 3 is 3.20 bits per heavy atom. The second-order valence-corrected chi connectivity index (χ2v) is 7.36. The lowest BCUT2D eigenvalue weighted by molar-refractivity contribution is 0.0129. The summed E-state index contributed by atoms with van der Waals surface area (Å²) in [6.07, 6.45) is 4.65. The fourth-order valence-corrected chi connectivity index (χ4v) is 5.22. The second kappa shape index (κ2) is 4.64. The van der Waals surface area contributed by atoms with Crippen molar-refractivity contribution in [1.82, 2.24) is 10.2 Å². The first-order valence-electron chi connectivity index (χ1n) is 7.62. The minimum Gasteiger partial charge on any atom is -0.396 e. The molecule has 0 radical (unpaired) electrons. The van der Waals surface area contributed by atoms with Crippen LogP contribution in [-0.4, -0.2) is 46.7 Å². The molecule has 3 aliphatic rings. The van der Waals surface area contributed by atoms with Crippen LogP contribution < -0.4 is 4.90 Å².